The number of rotatable bonds is 15. The van der Waals surface area contributed by atoms with Crippen LogP contribution in [-0.2, 0) is 40.2 Å². The highest BCUT2D eigenvalue weighted by Crippen LogP contribution is 2.19. The van der Waals surface area contributed by atoms with Crippen molar-refractivity contribution in [1.82, 2.24) is 24.9 Å². The molecule has 62 heavy (non-hydrogen) atoms. The van der Waals surface area contributed by atoms with Crippen LogP contribution in [0.15, 0.2) is 53.5 Å². The summed E-state index contributed by atoms with van der Waals surface area (Å²) < 4.78 is 11.0. The number of piperazine rings is 2. The van der Waals surface area contributed by atoms with E-state index in [1.807, 2.05) is 90.1 Å². The molecule has 2 aromatic carbocycles. The summed E-state index contributed by atoms with van der Waals surface area (Å²) in [6.07, 6.45) is -0.785. The Morgan fingerprint density at radius 1 is 0.806 bits per heavy atom. The topological polar surface area (TPSA) is 227 Å². The number of aliphatic hydroxyl groups is 1. The number of nitrogens with two attached hydrogens (primary N) is 2. The Balaban J connectivity index is 1.07. The van der Waals surface area contributed by atoms with E-state index in [0.29, 0.717) is 55.7 Å². The van der Waals surface area contributed by atoms with Gasteiger partial charge in [0.2, 0.25) is 5.91 Å². The lowest BCUT2D eigenvalue weighted by Crippen LogP contribution is -2.49. The van der Waals surface area contributed by atoms with Gasteiger partial charge < -0.3 is 41.2 Å². The third kappa shape index (κ3) is 19.7. The van der Waals surface area contributed by atoms with Gasteiger partial charge in [0.25, 0.3) is 0 Å². The van der Waals surface area contributed by atoms with Gasteiger partial charge in [0.15, 0.2) is 16.6 Å². The van der Waals surface area contributed by atoms with Crippen LogP contribution in [0.2, 0.25) is 0 Å². The van der Waals surface area contributed by atoms with Gasteiger partial charge in [0.1, 0.15) is 11.2 Å². The molecule has 3 amide bonds. The molecule has 0 aliphatic carbocycles. The third-order valence-electron chi connectivity index (χ3n) is 9.41. The van der Waals surface area contributed by atoms with Crippen LogP contribution in [0.1, 0.15) is 70.2 Å². The van der Waals surface area contributed by atoms with Crippen LogP contribution < -0.4 is 16.8 Å². The SMILES string of the molecule is CC(C)(C)OC(=O)N1CCN(Cc2cccc(CC(=O)NC(=N)SC(N)CSCCC(=N)S/C(N)=N\C(O)Cc3cccc(CN4CCN(C(=O)OC(C)(C)C)CC4)c3)c2)CC1. The molecular formula is C43H66N10O6S3. The molecule has 19 heteroatoms. The summed E-state index contributed by atoms with van der Waals surface area (Å²) in [4.78, 5) is 49.8. The molecule has 2 heterocycles. The number of hydrogen-bond acceptors (Lipinski definition) is 15. The second-order valence-corrected chi connectivity index (χ2v) is 20.9. The monoisotopic (exact) mass is 914 g/mol. The molecule has 0 spiro atoms. The molecule has 0 bridgehead atoms. The Kier molecular flexibility index (Phi) is 19.9. The molecule has 2 aromatic rings. The first-order chi connectivity index (χ1) is 29.2. The maximum atomic E-state index is 12.8. The fourth-order valence-corrected chi connectivity index (χ4v) is 9.13. The average molecular weight is 915 g/mol. The van der Waals surface area contributed by atoms with Gasteiger partial charge in [0, 0.05) is 84.0 Å². The number of nitrogens with zero attached hydrogens (tertiary/aromatic N) is 5. The Morgan fingerprint density at radius 3 is 1.81 bits per heavy atom. The quantitative estimate of drug-likeness (QED) is 0.0592. The molecule has 16 nitrogen and oxygen atoms in total. The minimum Gasteiger partial charge on any atom is -0.444 e. The van der Waals surface area contributed by atoms with Crippen LogP contribution in [0.5, 0.6) is 0 Å². The van der Waals surface area contributed by atoms with E-state index in [0.717, 1.165) is 78.5 Å². The van der Waals surface area contributed by atoms with E-state index in [1.165, 1.54) is 11.8 Å². The number of carbonyl (C=O) groups is 3. The van der Waals surface area contributed by atoms with Gasteiger partial charge in [-0.1, -0.05) is 60.3 Å². The summed E-state index contributed by atoms with van der Waals surface area (Å²) in [5.41, 5.74) is 15.2. The number of amides is 3. The summed E-state index contributed by atoms with van der Waals surface area (Å²) in [6.45, 7) is 17.9. The molecular weight excluding hydrogens is 849 g/mol. The van der Waals surface area contributed by atoms with Crippen LogP contribution in [-0.4, -0.2) is 145 Å². The van der Waals surface area contributed by atoms with E-state index in [2.05, 4.69) is 20.1 Å². The molecule has 2 fully saturated rings. The van der Waals surface area contributed by atoms with Gasteiger partial charge in [-0.05, 0) is 81.3 Å². The number of aliphatic imine (C=N–C) groups is 1. The van der Waals surface area contributed by atoms with Crippen LogP contribution in [0.4, 0.5) is 9.59 Å². The number of carbonyl (C=O) groups excluding carboxylic acids is 3. The maximum absolute atomic E-state index is 12.8. The first-order valence-corrected chi connectivity index (χ1v) is 23.8. The molecule has 2 aliphatic rings. The number of amidine groups is 2. The Labute approximate surface area is 379 Å². The van der Waals surface area contributed by atoms with Crippen molar-refractivity contribution in [3.05, 3.63) is 70.8 Å². The highest BCUT2D eigenvalue weighted by atomic mass is 32.2. The zero-order chi connectivity index (χ0) is 45.5. The maximum Gasteiger partial charge on any atom is 0.410 e. The van der Waals surface area contributed by atoms with E-state index >= 15 is 0 Å². The van der Waals surface area contributed by atoms with Crippen molar-refractivity contribution in [1.29, 1.82) is 10.8 Å². The Morgan fingerprint density at radius 2 is 1.29 bits per heavy atom. The van der Waals surface area contributed by atoms with Crippen LogP contribution in [0, 0.1) is 10.8 Å². The number of hydrogen-bond donors (Lipinski definition) is 6. The molecule has 8 N–H and O–H groups in total. The minimum atomic E-state index is -1.06. The molecule has 2 saturated heterocycles. The first-order valence-electron chi connectivity index (χ1n) is 20.9. The normalized spacial score (nSPS) is 16.7. The highest BCUT2D eigenvalue weighted by Gasteiger charge is 2.27. The number of nitrogens with one attached hydrogen (secondary N) is 3. The van der Waals surface area contributed by atoms with E-state index in [9.17, 15) is 19.5 Å². The van der Waals surface area contributed by atoms with Crippen molar-refractivity contribution in [3.8, 4) is 0 Å². The van der Waals surface area contributed by atoms with Gasteiger partial charge in [0.05, 0.1) is 16.8 Å². The summed E-state index contributed by atoms with van der Waals surface area (Å²) in [5, 5.41) is 29.9. The lowest BCUT2D eigenvalue weighted by Gasteiger charge is -2.35. The van der Waals surface area contributed by atoms with Crippen LogP contribution in [0.25, 0.3) is 0 Å². The van der Waals surface area contributed by atoms with Gasteiger partial charge in [-0.25, -0.2) is 14.6 Å². The van der Waals surface area contributed by atoms with Crippen molar-refractivity contribution >= 4 is 68.8 Å². The largest absolute Gasteiger partial charge is 0.444 e. The predicted molar refractivity (Wildman–Crippen MR) is 253 cm³/mol. The van der Waals surface area contributed by atoms with E-state index < -0.39 is 22.8 Å². The van der Waals surface area contributed by atoms with Crippen LogP contribution >= 0.6 is 35.3 Å². The average Bonchev–Trinajstić information content (AvgIpc) is 3.15. The highest BCUT2D eigenvalue weighted by molar-refractivity contribution is 8.26. The summed E-state index contributed by atoms with van der Waals surface area (Å²) >= 11 is 3.63. The Hall–Kier alpha value is -3.85. The second kappa shape index (κ2) is 24.3. The lowest BCUT2D eigenvalue weighted by atomic mass is 10.1. The van der Waals surface area contributed by atoms with Gasteiger partial charge in [-0.15, -0.1) is 0 Å². The van der Waals surface area contributed by atoms with E-state index in [1.54, 1.807) is 9.80 Å². The van der Waals surface area contributed by atoms with Gasteiger partial charge >= 0.3 is 12.2 Å². The molecule has 342 valence electrons. The Bertz CT molecular complexity index is 1860. The predicted octanol–water partition coefficient (Wildman–Crippen LogP) is 5.11. The summed E-state index contributed by atoms with van der Waals surface area (Å²) in [7, 11) is 0. The summed E-state index contributed by atoms with van der Waals surface area (Å²) in [5.74, 6) is 0.824. The third-order valence-corrected chi connectivity index (χ3v) is 12.3. The molecule has 0 saturated carbocycles. The molecule has 2 unspecified atom stereocenters. The second-order valence-electron chi connectivity index (χ2n) is 17.3. The molecule has 0 aromatic heterocycles. The lowest BCUT2D eigenvalue weighted by molar-refractivity contribution is -0.119. The van der Waals surface area contributed by atoms with Crippen molar-refractivity contribution in [3.63, 3.8) is 0 Å². The van der Waals surface area contributed by atoms with Crippen molar-refractivity contribution in [2.24, 2.45) is 16.5 Å². The number of benzene rings is 2. The fourth-order valence-electron chi connectivity index (χ4n) is 6.58. The fraction of sp³-hybridized carbons (Fsp3) is 0.581. The zero-order valence-corrected chi connectivity index (χ0v) is 39.4. The molecule has 2 atom stereocenters. The summed E-state index contributed by atoms with van der Waals surface area (Å²) in [6, 6.07) is 15.8. The number of ether oxygens (including phenoxy) is 2. The van der Waals surface area contributed by atoms with Gasteiger partial charge in [-0.2, -0.15) is 11.8 Å². The number of aliphatic hydroxyl groups excluding tert-OH is 1. The van der Waals surface area contributed by atoms with E-state index in [4.69, 9.17) is 31.8 Å². The standard InChI is InChI=1S/C43H66N10O6S3/c1-42(2,3)58-40(56)52-18-14-50(15-19-52)27-32-11-7-9-30(23-32)25-36(54)48-38(46)61-34(44)13-22-60-29-35(45)62-39(47)49-37(55)26-31-10-8-12-33(24-31)28-51-16-20-53(21-17-51)41(57)59-43(4,5)6/h7-12,23-24,35-36,44,54H,13-22,25-29,45H2,1-6H3,(H2,46,48)(H2,47,49,55). The number of thioether (sulfide) groups is 3. The molecule has 4 rings (SSSR count). The molecule has 2 aliphatic heterocycles. The van der Waals surface area contributed by atoms with Crippen molar-refractivity contribution in [2.45, 2.75) is 96.7 Å². The minimum absolute atomic E-state index is 0.0186. The smallest absolute Gasteiger partial charge is 0.410 e. The zero-order valence-electron chi connectivity index (χ0n) is 37.0. The first kappa shape index (κ1) is 50.8. The van der Waals surface area contributed by atoms with Crippen molar-refractivity contribution < 1.29 is 29.0 Å². The van der Waals surface area contributed by atoms with E-state index in [-0.39, 0.29) is 41.3 Å². The van der Waals surface area contributed by atoms with Crippen molar-refractivity contribution in [2.75, 3.05) is 63.9 Å². The molecule has 0 radical (unpaired) electrons. The van der Waals surface area contributed by atoms with Gasteiger partial charge in [-0.3, -0.25) is 25.4 Å². The van der Waals surface area contributed by atoms with Crippen LogP contribution in [0.3, 0.4) is 0 Å².